The largest absolute Gasteiger partial charge is 0.375 e. The first-order valence-corrected chi connectivity index (χ1v) is 5.89. The third-order valence-electron chi connectivity index (χ3n) is 2.17. The van der Waals surface area contributed by atoms with Gasteiger partial charge in [0.1, 0.15) is 0 Å². The van der Waals surface area contributed by atoms with Crippen LogP contribution < -0.4 is 5.73 Å². The number of aromatic nitrogens is 1. The number of thiazole rings is 1. The molecule has 1 heterocycles. The van der Waals surface area contributed by atoms with Crippen LogP contribution >= 0.6 is 11.3 Å². The summed E-state index contributed by atoms with van der Waals surface area (Å²) in [5.74, 6) is 0. The van der Waals surface area contributed by atoms with Crippen molar-refractivity contribution in [1.29, 1.82) is 0 Å². The van der Waals surface area contributed by atoms with Gasteiger partial charge in [-0.05, 0) is 26.8 Å². The Hall–Kier alpha value is -0.610. The Bertz CT molecular complexity index is 270. The van der Waals surface area contributed by atoms with Crippen LogP contribution in [-0.2, 0) is 6.54 Å². The van der Waals surface area contributed by atoms with Gasteiger partial charge in [0, 0.05) is 23.7 Å². The van der Waals surface area contributed by atoms with E-state index in [1.807, 2.05) is 6.20 Å². The van der Waals surface area contributed by atoms with Crippen LogP contribution in [0.3, 0.4) is 0 Å². The highest BCUT2D eigenvalue weighted by Crippen LogP contribution is 2.17. The van der Waals surface area contributed by atoms with Crippen molar-refractivity contribution >= 4 is 16.5 Å². The van der Waals surface area contributed by atoms with E-state index in [9.17, 15) is 0 Å². The maximum absolute atomic E-state index is 5.59. The van der Waals surface area contributed by atoms with Crippen LogP contribution in [0.1, 0.15) is 32.1 Å². The van der Waals surface area contributed by atoms with Crippen molar-refractivity contribution in [3.63, 3.8) is 0 Å². The molecule has 0 amide bonds. The second-order valence-electron chi connectivity index (χ2n) is 3.73. The first-order valence-electron chi connectivity index (χ1n) is 5.07. The summed E-state index contributed by atoms with van der Waals surface area (Å²) in [5, 5.41) is 0.667. The second kappa shape index (κ2) is 5.32. The molecule has 0 saturated carbocycles. The molecule has 0 aliphatic heterocycles. The zero-order valence-electron chi connectivity index (χ0n) is 9.16. The molecule has 0 fully saturated rings. The summed E-state index contributed by atoms with van der Waals surface area (Å²) in [7, 11) is 0. The zero-order valence-corrected chi connectivity index (χ0v) is 9.97. The van der Waals surface area contributed by atoms with E-state index in [-0.39, 0.29) is 0 Å². The van der Waals surface area contributed by atoms with Gasteiger partial charge in [-0.25, -0.2) is 4.98 Å². The van der Waals surface area contributed by atoms with Gasteiger partial charge in [0.2, 0.25) is 0 Å². The molecule has 0 aromatic carbocycles. The lowest BCUT2D eigenvalue weighted by Gasteiger charge is -2.24. The number of hydrogen-bond acceptors (Lipinski definition) is 4. The van der Waals surface area contributed by atoms with Crippen LogP contribution in [0, 0.1) is 0 Å². The normalized spacial score (nSPS) is 11.5. The Kier molecular flexibility index (Phi) is 4.35. The number of nitrogens with two attached hydrogens (primary N) is 1. The van der Waals surface area contributed by atoms with Crippen molar-refractivity contribution in [1.82, 2.24) is 9.88 Å². The third kappa shape index (κ3) is 3.27. The molecule has 1 rings (SSSR count). The second-order valence-corrected chi connectivity index (χ2v) is 4.88. The zero-order chi connectivity index (χ0) is 10.6. The van der Waals surface area contributed by atoms with Gasteiger partial charge in [-0.15, -0.1) is 11.3 Å². The van der Waals surface area contributed by atoms with Gasteiger partial charge in [0.15, 0.2) is 5.13 Å². The molecule has 3 nitrogen and oxygen atoms in total. The highest BCUT2D eigenvalue weighted by molar-refractivity contribution is 7.15. The number of anilines is 1. The van der Waals surface area contributed by atoms with Gasteiger partial charge >= 0.3 is 0 Å². The number of rotatable bonds is 5. The molecule has 0 atom stereocenters. The smallest absolute Gasteiger partial charge is 0.180 e. The molecular weight excluding hydrogens is 194 g/mol. The van der Waals surface area contributed by atoms with E-state index in [4.69, 9.17) is 5.73 Å². The molecule has 80 valence electrons. The summed E-state index contributed by atoms with van der Waals surface area (Å²) in [6.07, 6.45) is 3.07. The summed E-state index contributed by atoms with van der Waals surface area (Å²) in [6.45, 7) is 8.76. The number of nitrogen functional groups attached to an aromatic ring is 1. The molecule has 0 unspecified atom stereocenters. The fraction of sp³-hybridized carbons (Fsp3) is 0.700. The summed E-state index contributed by atoms with van der Waals surface area (Å²) in [4.78, 5) is 7.75. The molecule has 0 aliphatic rings. The van der Waals surface area contributed by atoms with Gasteiger partial charge < -0.3 is 5.73 Å². The fourth-order valence-electron chi connectivity index (χ4n) is 1.40. The van der Waals surface area contributed by atoms with Crippen molar-refractivity contribution < 1.29 is 0 Å². The predicted octanol–water partition coefficient (Wildman–Crippen LogP) is 2.35. The van der Waals surface area contributed by atoms with E-state index in [1.54, 1.807) is 11.3 Å². The molecular formula is C10H19N3S. The van der Waals surface area contributed by atoms with Crippen LogP contribution in [0.4, 0.5) is 5.13 Å². The molecule has 1 aromatic rings. The molecule has 2 N–H and O–H groups in total. The van der Waals surface area contributed by atoms with Gasteiger partial charge in [0.25, 0.3) is 0 Å². The minimum Gasteiger partial charge on any atom is -0.375 e. The van der Waals surface area contributed by atoms with Crippen molar-refractivity contribution in [3.8, 4) is 0 Å². The topological polar surface area (TPSA) is 42.2 Å². The predicted molar refractivity (Wildman–Crippen MR) is 62.4 cm³/mol. The lowest BCUT2D eigenvalue weighted by atomic mass is 10.3. The number of nitrogens with zero attached hydrogens (tertiary/aromatic N) is 2. The Labute approximate surface area is 89.9 Å². The van der Waals surface area contributed by atoms with Gasteiger partial charge in [-0.3, -0.25) is 4.90 Å². The van der Waals surface area contributed by atoms with Crippen molar-refractivity contribution in [2.24, 2.45) is 0 Å². The first kappa shape index (κ1) is 11.5. The summed E-state index contributed by atoms with van der Waals surface area (Å²) < 4.78 is 0. The van der Waals surface area contributed by atoms with Crippen LogP contribution in [-0.4, -0.2) is 22.5 Å². The Morgan fingerprint density at radius 3 is 2.71 bits per heavy atom. The average molecular weight is 213 g/mol. The van der Waals surface area contributed by atoms with Crippen molar-refractivity contribution in [3.05, 3.63) is 11.1 Å². The van der Waals surface area contributed by atoms with Gasteiger partial charge in [-0.1, -0.05) is 6.92 Å². The monoisotopic (exact) mass is 213 g/mol. The van der Waals surface area contributed by atoms with E-state index in [2.05, 4.69) is 30.7 Å². The lowest BCUT2D eigenvalue weighted by Crippen LogP contribution is -2.30. The van der Waals surface area contributed by atoms with Crippen molar-refractivity contribution in [2.75, 3.05) is 12.3 Å². The molecule has 14 heavy (non-hydrogen) atoms. The van der Waals surface area contributed by atoms with E-state index >= 15 is 0 Å². The highest BCUT2D eigenvalue weighted by atomic mass is 32.1. The molecule has 0 bridgehead atoms. The van der Waals surface area contributed by atoms with Crippen LogP contribution in [0.5, 0.6) is 0 Å². The molecule has 0 spiro atoms. The van der Waals surface area contributed by atoms with Gasteiger partial charge in [-0.2, -0.15) is 0 Å². The summed E-state index contributed by atoms with van der Waals surface area (Å²) >= 11 is 1.58. The SMILES string of the molecule is CCCN(Cc1cnc(N)s1)C(C)C. The maximum atomic E-state index is 5.59. The van der Waals surface area contributed by atoms with Crippen LogP contribution in [0.15, 0.2) is 6.20 Å². The van der Waals surface area contributed by atoms with E-state index in [1.165, 1.54) is 11.3 Å². The van der Waals surface area contributed by atoms with E-state index in [0.717, 1.165) is 13.1 Å². The molecule has 0 saturated heterocycles. The first-order chi connectivity index (χ1) is 6.63. The minimum absolute atomic E-state index is 0.582. The Morgan fingerprint density at radius 2 is 2.29 bits per heavy atom. The van der Waals surface area contributed by atoms with Crippen LogP contribution in [0.2, 0.25) is 0 Å². The Balaban J connectivity index is 2.55. The number of hydrogen-bond donors (Lipinski definition) is 1. The molecule has 4 heteroatoms. The maximum Gasteiger partial charge on any atom is 0.180 e. The standard InChI is InChI=1S/C10H19N3S/c1-4-5-13(8(2)3)7-9-6-12-10(11)14-9/h6,8H,4-5,7H2,1-3H3,(H2,11,12). The van der Waals surface area contributed by atoms with E-state index < -0.39 is 0 Å². The van der Waals surface area contributed by atoms with Crippen LogP contribution in [0.25, 0.3) is 0 Å². The lowest BCUT2D eigenvalue weighted by molar-refractivity contribution is 0.215. The van der Waals surface area contributed by atoms with Gasteiger partial charge in [0.05, 0.1) is 0 Å². The molecule has 0 radical (unpaired) electrons. The summed E-state index contributed by atoms with van der Waals surface area (Å²) in [5.41, 5.74) is 5.59. The average Bonchev–Trinajstić information content (AvgIpc) is 2.50. The third-order valence-corrected chi connectivity index (χ3v) is 2.98. The Morgan fingerprint density at radius 1 is 1.57 bits per heavy atom. The van der Waals surface area contributed by atoms with Crippen molar-refractivity contribution in [2.45, 2.75) is 39.8 Å². The molecule has 1 aromatic heterocycles. The fourth-order valence-corrected chi connectivity index (χ4v) is 2.11. The quantitative estimate of drug-likeness (QED) is 0.816. The molecule has 0 aliphatic carbocycles. The minimum atomic E-state index is 0.582. The van der Waals surface area contributed by atoms with E-state index in [0.29, 0.717) is 11.2 Å². The summed E-state index contributed by atoms with van der Waals surface area (Å²) in [6, 6.07) is 0.582. The highest BCUT2D eigenvalue weighted by Gasteiger charge is 2.10.